The second-order valence-electron chi connectivity index (χ2n) is 7.37. The number of rotatable bonds is 7. The zero-order valence-electron chi connectivity index (χ0n) is 18.3. The molecule has 168 valence electrons. The lowest BCUT2D eigenvalue weighted by molar-refractivity contribution is 0.291. The molecule has 0 unspecified atom stereocenters. The lowest BCUT2D eigenvalue weighted by Crippen LogP contribution is -2.48. The molecule has 0 saturated carbocycles. The zero-order chi connectivity index (χ0) is 22.6. The van der Waals surface area contributed by atoms with Crippen molar-refractivity contribution in [2.24, 2.45) is 0 Å². The van der Waals surface area contributed by atoms with E-state index < -0.39 is 10.0 Å². The number of hydrogen-bond donors (Lipinski definition) is 2. The van der Waals surface area contributed by atoms with Crippen molar-refractivity contribution in [1.29, 1.82) is 0 Å². The second-order valence-corrected chi connectivity index (χ2v) is 9.52. The van der Waals surface area contributed by atoms with E-state index in [9.17, 15) is 8.42 Å². The summed E-state index contributed by atoms with van der Waals surface area (Å²) in [5.41, 5.74) is 3.06. The average molecular weight is 464 g/mol. The monoisotopic (exact) mass is 463 g/mol. The lowest BCUT2D eigenvalue weighted by atomic mass is 9.92. The SMILES string of the molecule is CCNC(=S)N1CCc2cc(OC)c(OC)cc2[C@@H]1CNS(=O)(=O)c1ccc(C)cc1. The van der Waals surface area contributed by atoms with Crippen LogP contribution in [0.5, 0.6) is 11.5 Å². The molecular formula is C22H29N3O4S2. The van der Waals surface area contributed by atoms with Crippen molar-refractivity contribution in [1.82, 2.24) is 14.9 Å². The van der Waals surface area contributed by atoms with Gasteiger partial charge in [0.15, 0.2) is 16.6 Å². The molecule has 9 heteroatoms. The Kier molecular flexibility index (Phi) is 7.40. The number of sulfonamides is 1. The number of ether oxygens (including phenoxy) is 2. The third kappa shape index (κ3) is 5.11. The predicted molar refractivity (Wildman–Crippen MR) is 125 cm³/mol. The molecule has 1 aliphatic rings. The third-order valence-electron chi connectivity index (χ3n) is 5.39. The maximum Gasteiger partial charge on any atom is 0.240 e. The molecule has 0 aromatic heterocycles. The van der Waals surface area contributed by atoms with Crippen LogP contribution < -0.4 is 19.5 Å². The van der Waals surface area contributed by atoms with Gasteiger partial charge in [0.2, 0.25) is 10.0 Å². The summed E-state index contributed by atoms with van der Waals surface area (Å²) < 4.78 is 39.5. The molecular weight excluding hydrogens is 434 g/mol. The summed E-state index contributed by atoms with van der Waals surface area (Å²) in [6.45, 7) is 5.43. The van der Waals surface area contributed by atoms with Crippen LogP contribution in [0.4, 0.5) is 0 Å². The summed E-state index contributed by atoms with van der Waals surface area (Å²) in [5.74, 6) is 1.26. The third-order valence-corrected chi connectivity index (χ3v) is 7.21. The van der Waals surface area contributed by atoms with Crippen LogP contribution in [0, 0.1) is 6.92 Å². The molecule has 0 spiro atoms. The molecule has 0 amide bonds. The van der Waals surface area contributed by atoms with Crippen molar-refractivity contribution in [3.05, 3.63) is 53.1 Å². The van der Waals surface area contributed by atoms with Gasteiger partial charge in [-0.2, -0.15) is 0 Å². The number of aryl methyl sites for hydroxylation is 1. The predicted octanol–water partition coefficient (Wildman–Crippen LogP) is 2.78. The van der Waals surface area contributed by atoms with Crippen LogP contribution in [-0.2, 0) is 16.4 Å². The molecule has 0 radical (unpaired) electrons. The van der Waals surface area contributed by atoms with Gasteiger partial charge in [0, 0.05) is 19.6 Å². The molecule has 0 bridgehead atoms. The van der Waals surface area contributed by atoms with Gasteiger partial charge < -0.3 is 19.7 Å². The first kappa shape index (κ1) is 23.3. The molecule has 3 rings (SSSR count). The molecule has 1 aliphatic heterocycles. The topological polar surface area (TPSA) is 79.9 Å². The van der Waals surface area contributed by atoms with Gasteiger partial charge in [0.05, 0.1) is 25.2 Å². The fourth-order valence-corrected chi connectivity index (χ4v) is 5.13. The van der Waals surface area contributed by atoms with Crippen LogP contribution >= 0.6 is 12.2 Å². The Morgan fingerprint density at radius 2 is 1.81 bits per heavy atom. The van der Waals surface area contributed by atoms with Gasteiger partial charge in [-0.3, -0.25) is 0 Å². The number of fused-ring (bicyclic) bond motifs is 1. The fraction of sp³-hybridized carbons (Fsp3) is 0.409. The van der Waals surface area contributed by atoms with Gasteiger partial charge in [0.25, 0.3) is 0 Å². The van der Waals surface area contributed by atoms with E-state index in [4.69, 9.17) is 21.7 Å². The molecule has 2 aromatic carbocycles. The molecule has 1 heterocycles. The Balaban J connectivity index is 1.95. The fourth-order valence-electron chi connectivity index (χ4n) is 3.73. The molecule has 2 N–H and O–H groups in total. The van der Waals surface area contributed by atoms with E-state index in [1.165, 1.54) is 0 Å². The van der Waals surface area contributed by atoms with Crippen LogP contribution in [-0.4, -0.2) is 52.3 Å². The molecule has 2 aromatic rings. The van der Waals surface area contributed by atoms with Crippen molar-refractivity contribution in [2.75, 3.05) is 33.9 Å². The Morgan fingerprint density at radius 1 is 1.16 bits per heavy atom. The van der Waals surface area contributed by atoms with E-state index in [0.29, 0.717) is 29.7 Å². The zero-order valence-corrected chi connectivity index (χ0v) is 19.9. The van der Waals surface area contributed by atoms with Crippen molar-refractivity contribution in [3.8, 4) is 11.5 Å². The highest BCUT2D eigenvalue weighted by Crippen LogP contribution is 2.38. The van der Waals surface area contributed by atoms with Crippen molar-refractivity contribution < 1.29 is 17.9 Å². The Bertz CT molecular complexity index is 1040. The maximum atomic E-state index is 12.9. The first-order valence-electron chi connectivity index (χ1n) is 10.2. The largest absolute Gasteiger partial charge is 0.493 e. The van der Waals surface area contributed by atoms with E-state index in [1.807, 2.05) is 30.9 Å². The number of methoxy groups -OCH3 is 2. The van der Waals surface area contributed by atoms with Gasteiger partial charge in [-0.1, -0.05) is 17.7 Å². The smallest absolute Gasteiger partial charge is 0.240 e. The highest BCUT2D eigenvalue weighted by molar-refractivity contribution is 7.89. The van der Waals surface area contributed by atoms with Gasteiger partial charge in [-0.25, -0.2) is 13.1 Å². The highest BCUT2D eigenvalue weighted by atomic mass is 32.2. The number of nitrogens with one attached hydrogen (secondary N) is 2. The normalized spacial score (nSPS) is 15.9. The summed E-state index contributed by atoms with van der Waals surface area (Å²) in [5, 5.41) is 3.79. The average Bonchev–Trinajstić information content (AvgIpc) is 2.76. The van der Waals surface area contributed by atoms with Gasteiger partial charge in [-0.05, 0) is 67.9 Å². The van der Waals surface area contributed by atoms with E-state index in [1.54, 1.807) is 38.5 Å². The summed E-state index contributed by atoms with van der Waals surface area (Å²) >= 11 is 5.59. The Hall–Kier alpha value is -2.36. The first-order valence-corrected chi connectivity index (χ1v) is 12.1. The number of nitrogens with zero attached hydrogens (tertiary/aromatic N) is 1. The minimum Gasteiger partial charge on any atom is -0.493 e. The highest BCUT2D eigenvalue weighted by Gasteiger charge is 2.31. The molecule has 0 saturated heterocycles. The van der Waals surface area contributed by atoms with Crippen molar-refractivity contribution in [2.45, 2.75) is 31.2 Å². The van der Waals surface area contributed by atoms with E-state index in [0.717, 1.165) is 23.1 Å². The molecule has 0 fully saturated rings. The summed E-state index contributed by atoms with van der Waals surface area (Å²) in [7, 11) is -0.475. The standard InChI is InChI=1S/C22H29N3O4S2/c1-5-23-22(30)25-11-10-16-12-20(28-3)21(29-4)13-18(16)19(25)14-24-31(26,27)17-8-6-15(2)7-9-17/h6-9,12-13,19,24H,5,10-11,14H2,1-4H3,(H,23,30)/t19-/m0/s1. The minimum absolute atomic E-state index is 0.171. The van der Waals surface area contributed by atoms with Gasteiger partial charge in [0.1, 0.15) is 0 Å². The van der Waals surface area contributed by atoms with Crippen LogP contribution in [0.15, 0.2) is 41.3 Å². The summed E-state index contributed by atoms with van der Waals surface area (Å²) in [6, 6.07) is 10.4. The Morgan fingerprint density at radius 3 is 2.42 bits per heavy atom. The number of hydrogen-bond acceptors (Lipinski definition) is 5. The number of benzene rings is 2. The van der Waals surface area contributed by atoms with Crippen LogP contribution in [0.3, 0.4) is 0 Å². The summed E-state index contributed by atoms with van der Waals surface area (Å²) in [4.78, 5) is 2.27. The maximum absolute atomic E-state index is 12.9. The lowest BCUT2D eigenvalue weighted by Gasteiger charge is -2.39. The molecule has 7 nitrogen and oxygen atoms in total. The first-order chi connectivity index (χ1) is 14.8. The van der Waals surface area contributed by atoms with E-state index >= 15 is 0 Å². The van der Waals surface area contributed by atoms with Crippen LogP contribution in [0.2, 0.25) is 0 Å². The molecule has 31 heavy (non-hydrogen) atoms. The van der Waals surface area contributed by atoms with E-state index in [-0.39, 0.29) is 17.5 Å². The van der Waals surface area contributed by atoms with E-state index in [2.05, 4.69) is 10.0 Å². The number of thiocarbonyl (C=S) groups is 1. The molecule has 0 aliphatic carbocycles. The Labute approximate surface area is 189 Å². The summed E-state index contributed by atoms with van der Waals surface area (Å²) in [6.07, 6.45) is 0.766. The van der Waals surface area contributed by atoms with Crippen LogP contribution in [0.25, 0.3) is 0 Å². The van der Waals surface area contributed by atoms with Gasteiger partial charge >= 0.3 is 0 Å². The van der Waals surface area contributed by atoms with Crippen LogP contribution in [0.1, 0.15) is 29.7 Å². The second kappa shape index (κ2) is 9.84. The van der Waals surface area contributed by atoms with Crippen molar-refractivity contribution in [3.63, 3.8) is 0 Å². The minimum atomic E-state index is -3.67. The quantitative estimate of drug-likeness (QED) is 0.611. The molecule has 1 atom stereocenters. The van der Waals surface area contributed by atoms with Crippen molar-refractivity contribution >= 4 is 27.4 Å². The van der Waals surface area contributed by atoms with Gasteiger partial charge in [-0.15, -0.1) is 0 Å².